The zero-order valence-corrected chi connectivity index (χ0v) is 14.1. The lowest BCUT2D eigenvalue weighted by molar-refractivity contribution is 0.205. The predicted octanol–water partition coefficient (Wildman–Crippen LogP) is 4.81. The van der Waals surface area contributed by atoms with Gasteiger partial charge in [0.1, 0.15) is 11.9 Å². The first-order chi connectivity index (χ1) is 10.1. The van der Waals surface area contributed by atoms with Crippen molar-refractivity contribution in [3.05, 3.63) is 29.3 Å². The van der Waals surface area contributed by atoms with E-state index in [9.17, 15) is 0 Å². The summed E-state index contributed by atoms with van der Waals surface area (Å²) in [7, 11) is 0. The van der Waals surface area contributed by atoms with Crippen LogP contribution in [0.4, 0.5) is 0 Å². The highest BCUT2D eigenvalue weighted by molar-refractivity contribution is 5.36. The molecule has 1 atom stereocenters. The quantitative estimate of drug-likeness (QED) is 0.811. The van der Waals surface area contributed by atoms with E-state index >= 15 is 0 Å². The summed E-state index contributed by atoms with van der Waals surface area (Å²) in [5, 5.41) is 3.66. The van der Waals surface area contributed by atoms with Gasteiger partial charge in [-0.2, -0.15) is 0 Å². The molecule has 21 heavy (non-hydrogen) atoms. The molecular formula is C19H31NO. The first-order valence-electron chi connectivity index (χ1n) is 8.57. The summed E-state index contributed by atoms with van der Waals surface area (Å²) in [4.78, 5) is 0. The van der Waals surface area contributed by atoms with Crippen LogP contribution in [-0.2, 0) is 0 Å². The molecule has 1 saturated carbocycles. The van der Waals surface area contributed by atoms with Crippen LogP contribution in [0.2, 0.25) is 0 Å². The number of aryl methyl sites for hydroxylation is 1. The van der Waals surface area contributed by atoms with Gasteiger partial charge in [-0.15, -0.1) is 0 Å². The highest BCUT2D eigenvalue weighted by Gasteiger charge is 2.14. The lowest BCUT2D eigenvalue weighted by atomic mass is 9.95. The van der Waals surface area contributed by atoms with Gasteiger partial charge in [-0.05, 0) is 55.9 Å². The Kier molecular flexibility index (Phi) is 6.10. The molecule has 0 aromatic heterocycles. The third-order valence-electron chi connectivity index (χ3n) is 4.50. The molecule has 1 aromatic rings. The van der Waals surface area contributed by atoms with Crippen molar-refractivity contribution < 1.29 is 4.74 Å². The molecule has 118 valence electrons. The van der Waals surface area contributed by atoms with Crippen LogP contribution < -0.4 is 10.1 Å². The van der Waals surface area contributed by atoms with E-state index in [0.717, 1.165) is 12.3 Å². The minimum absolute atomic E-state index is 0.219. The van der Waals surface area contributed by atoms with Crippen LogP contribution in [-0.4, -0.2) is 18.7 Å². The molecule has 1 fully saturated rings. The minimum atomic E-state index is 0.219. The Balaban J connectivity index is 1.81. The van der Waals surface area contributed by atoms with Crippen LogP contribution >= 0.6 is 0 Å². The Labute approximate surface area is 130 Å². The summed E-state index contributed by atoms with van der Waals surface area (Å²) >= 11 is 0. The number of rotatable bonds is 6. The molecule has 0 bridgehead atoms. The van der Waals surface area contributed by atoms with Crippen LogP contribution in [0.1, 0.15) is 69.9 Å². The van der Waals surface area contributed by atoms with Crippen molar-refractivity contribution in [3.63, 3.8) is 0 Å². The van der Waals surface area contributed by atoms with Crippen molar-refractivity contribution in [1.29, 1.82) is 0 Å². The average molecular weight is 289 g/mol. The van der Waals surface area contributed by atoms with Crippen molar-refractivity contribution >= 4 is 0 Å². The summed E-state index contributed by atoms with van der Waals surface area (Å²) in [5.74, 6) is 1.57. The fraction of sp³-hybridized carbons (Fsp3) is 0.684. The van der Waals surface area contributed by atoms with Crippen LogP contribution in [0.3, 0.4) is 0 Å². The highest BCUT2D eigenvalue weighted by Crippen LogP contribution is 2.24. The lowest BCUT2D eigenvalue weighted by Crippen LogP contribution is -2.37. The number of hydrogen-bond acceptors (Lipinski definition) is 2. The smallest absolute Gasteiger partial charge is 0.120 e. The number of nitrogens with one attached hydrogen (secondary N) is 1. The summed E-state index contributed by atoms with van der Waals surface area (Å²) in [6.45, 7) is 9.74. The highest BCUT2D eigenvalue weighted by atomic mass is 16.5. The molecule has 1 aliphatic carbocycles. The topological polar surface area (TPSA) is 21.3 Å². The second kappa shape index (κ2) is 7.84. The Morgan fingerprint density at radius 2 is 1.86 bits per heavy atom. The standard InChI is InChI=1S/C19H31NO/c1-14(2)19-11-10-18(12-15(19)3)21-16(4)13-20-17-8-6-5-7-9-17/h10-12,14,16-17,20H,5-9,13H2,1-4H3. The molecule has 0 amide bonds. The van der Waals surface area contributed by atoms with Gasteiger partial charge in [-0.1, -0.05) is 39.2 Å². The van der Waals surface area contributed by atoms with Gasteiger partial charge < -0.3 is 10.1 Å². The second-order valence-electron chi connectivity index (χ2n) is 6.84. The van der Waals surface area contributed by atoms with Crippen molar-refractivity contribution in [2.45, 2.75) is 77.9 Å². The maximum Gasteiger partial charge on any atom is 0.120 e. The molecule has 0 aliphatic heterocycles. The predicted molar refractivity (Wildman–Crippen MR) is 90.2 cm³/mol. The molecule has 0 saturated heterocycles. The summed E-state index contributed by atoms with van der Waals surface area (Å²) < 4.78 is 6.06. The molecule has 0 heterocycles. The minimum Gasteiger partial charge on any atom is -0.489 e. The third-order valence-corrected chi connectivity index (χ3v) is 4.50. The Hall–Kier alpha value is -1.02. The van der Waals surface area contributed by atoms with Crippen molar-refractivity contribution in [3.8, 4) is 5.75 Å². The van der Waals surface area contributed by atoms with Crippen LogP contribution in [0.25, 0.3) is 0 Å². The van der Waals surface area contributed by atoms with Gasteiger partial charge in [0, 0.05) is 12.6 Å². The van der Waals surface area contributed by atoms with Gasteiger partial charge in [-0.25, -0.2) is 0 Å². The lowest BCUT2D eigenvalue weighted by Gasteiger charge is -2.25. The molecule has 2 nitrogen and oxygen atoms in total. The first-order valence-corrected chi connectivity index (χ1v) is 8.57. The Morgan fingerprint density at radius 3 is 2.48 bits per heavy atom. The van der Waals surface area contributed by atoms with E-state index < -0.39 is 0 Å². The van der Waals surface area contributed by atoms with E-state index in [0.29, 0.717) is 12.0 Å². The molecular weight excluding hydrogens is 258 g/mol. The Bertz CT molecular complexity index is 435. The Morgan fingerprint density at radius 1 is 1.14 bits per heavy atom. The van der Waals surface area contributed by atoms with Gasteiger partial charge in [0.25, 0.3) is 0 Å². The summed E-state index contributed by atoms with van der Waals surface area (Å²) in [6.07, 6.45) is 7.04. The average Bonchev–Trinajstić information content (AvgIpc) is 2.46. The molecule has 1 N–H and O–H groups in total. The molecule has 1 aromatic carbocycles. The maximum absolute atomic E-state index is 6.06. The fourth-order valence-corrected chi connectivity index (χ4v) is 3.28. The van der Waals surface area contributed by atoms with E-state index in [-0.39, 0.29) is 6.10 Å². The number of benzene rings is 1. The van der Waals surface area contributed by atoms with E-state index in [1.165, 1.54) is 43.2 Å². The van der Waals surface area contributed by atoms with E-state index in [4.69, 9.17) is 4.74 Å². The zero-order valence-electron chi connectivity index (χ0n) is 14.1. The summed E-state index contributed by atoms with van der Waals surface area (Å²) in [5.41, 5.74) is 2.74. The monoisotopic (exact) mass is 289 g/mol. The van der Waals surface area contributed by atoms with Crippen molar-refractivity contribution in [1.82, 2.24) is 5.32 Å². The van der Waals surface area contributed by atoms with Gasteiger partial charge in [0.15, 0.2) is 0 Å². The molecule has 1 unspecified atom stereocenters. The van der Waals surface area contributed by atoms with Gasteiger partial charge in [0.2, 0.25) is 0 Å². The zero-order chi connectivity index (χ0) is 15.2. The molecule has 1 aliphatic rings. The third kappa shape index (κ3) is 5.03. The van der Waals surface area contributed by atoms with Crippen LogP contribution in [0.15, 0.2) is 18.2 Å². The van der Waals surface area contributed by atoms with Gasteiger partial charge >= 0.3 is 0 Å². The maximum atomic E-state index is 6.06. The largest absolute Gasteiger partial charge is 0.489 e. The fourth-order valence-electron chi connectivity index (χ4n) is 3.28. The van der Waals surface area contributed by atoms with Crippen molar-refractivity contribution in [2.24, 2.45) is 0 Å². The number of hydrogen-bond donors (Lipinski definition) is 1. The normalized spacial score (nSPS) is 18.0. The summed E-state index contributed by atoms with van der Waals surface area (Å²) in [6, 6.07) is 7.19. The van der Waals surface area contributed by atoms with Crippen LogP contribution in [0.5, 0.6) is 5.75 Å². The van der Waals surface area contributed by atoms with E-state index in [1.807, 2.05) is 0 Å². The van der Waals surface area contributed by atoms with E-state index in [2.05, 4.69) is 51.2 Å². The van der Waals surface area contributed by atoms with Crippen LogP contribution in [0, 0.1) is 6.92 Å². The first kappa shape index (κ1) is 16.4. The van der Waals surface area contributed by atoms with Crippen molar-refractivity contribution in [2.75, 3.05) is 6.54 Å². The SMILES string of the molecule is Cc1cc(OC(C)CNC2CCCCC2)ccc1C(C)C. The number of ether oxygens (including phenoxy) is 1. The molecule has 2 rings (SSSR count). The molecule has 2 heteroatoms. The second-order valence-corrected chi connectivity index (χ2v) is 6.84. The van der Waals surface area contributed by atoms with E-state index in [1.54, 1.807) is 0 Å². The van der Waals surface area contributed by atoms with Gasteiger partial charge in [-0.3, -0.25) is 0 Å². The molecule has 0 radical (unpaired) electrons. The molecule has 0 spiro atoms. The van der Waals surface area contributed by atoms with Gasteiger partial charge in [0.05, 0.1) is 0 Å².